The average Bonchev–Trinajstić information content (AvgIpc) is 3.50. The number of aromatic nitrogens is 2. The van der Waals surface area contributed by atoms with Crippen LogP contribution in [0.2, 0.25) is 0 Å². The molecule has 1 aliphatic heterocycles. The molecule has 384 valence electrons. The number of carbonyl (C=O) groups is 2. The molecule has 1 unspecified atom stereocenters. The van der Waals surface area contributed by atoms with Gasteiger partial charge < -0.3 is 33.7 Å². The number of alkyl halides is 1. The van der Waals surface area contributed by atoms with Crippen LogP contribution < -0.4 is 14.2 Å². The van der Waals surface area contributed by atoms with E-state index >= 15 is 9.59 Å². The van der Waals surface area contributed by atoms with Gasteiger partial charge in [-0.3, -0.25) is 9.97 Å². The fourth-order valence-corrected chi connectivity index (χ4v) is 11.1. The highest BCUT2D eigenvalue weighted by Crippen LogP contribution is 2.63. The van der Waals surface area contributed by atoms with E-state index in [1.165, 1.54) is 12.7 Å². The van der Waals surface area contributed by atoms with Crippen LogP contribution in [0.15, 0.2) is 193 Å². The molecule has 11 nitrogen and oxygen atoms in total. The zero-order chi connectivity index (χ0) is 52.3. The van der Waals surface area contributed by atoms with Gasteiger partial charge in [0.15, 0.2) is 11.5 Å². The number of halogens is 1. The molecule has 0 radical (unpaired) electrons. The number of ether oxygens (including phenoxy) is 5. The van der Waals surface area contributed by atoms with Crippen molar-refractivity contribution in [3.8, 4) is 17.2 Å². The van der Waals surface area contributed by atoms with E-state index in [9.17, 15) is 0 Å². The summed E-state index contributed by atoms with van der Waals surface area (Å²) < 4.78 is 30.4. The van der Waals surface area contributed by atoms with Crippen molar-refractivity contribution >= 4 is 38.6 Å². The average molecular weight is 1060 g/mol. The number of aliphatic hydroxyl groups is 1. The lowest BCUT2D eigenvalue weighted by atomic mass is 9.46. The summed E-state index contributed by atoms with van der Waals surface area (Å²) in [7, 11) is 4.56. The molecule has 7 aromatic rings. The SMILES string of the molecule is COC(=O)C1=C(C)N(CCCOc2ccc3ccccc3c2)C(C)=C(C(=O)OCCCc2cccnc2)C1(c1ccc(OC)c(OC)c1)C(CCBr)(c1ccccc1)c1ccccc1.OCCCc1cccnc1. The lowest BCUT2D eigenvalue weighted by Crippen LogP contribution is -2.59. The summed E-state index contributed by atoms with van der Waals surface area (Å²) in [5.41, 5.74) is 3.79. The van der Waals surface area contributed by atoms with Crippen LogP contribution in [-0.4, -0.2) is 84.9 Å². The third-order valence-electron chi connectivity index (χ3n) is 13.8. The highest BCUT2D eigenvalue weighted by Gasteiger charge is 2.65. The Morgan fingerprint density at radius 2 is 1.23 bits per heavy atom. The number of methoxy groups -OCH3 is 3. The van der Waals surface area contributed by atoms with Gasteiger partial charge >= 0.3 is 11.9 Å². The van der Waals surface area contributed by atoms with Crippen LogP contribution in [0.1, 0.15) is 67.3 Å². The number of aliphatic hydroxyl groups excluding tert-OH is 1. The minimum atomic E-state index is -1.59. The van der Waals surface area contributed by atoms with E-state index in [1.807, 2.05) is 129 Å². The number of pyridine rings is 2. The second-order valence-electron chi connectivity index (χ2n) is 18.0. The zero-order valence-electron chi connectivity index (χ0n) is 43.0. The molecule has 0 fully saturated rings. The number of hydrogen-bond acceptors (Lipinski definition) is 11. The molecule has 0 spiro atoms. The van der Waals surface area contributed by atoms with Gasteiger partial charge in [0, 0.05) is 60.1 Å². The summed E-state index contributed by atoms with van der Waals surface area (Å²) in [6.07, 6.45) is 11.1. The van der Waals surface area contributed by atoms with Crippen molar-refractivity contribution in [2.45, 2.75) is 63.2 Å². The van der Waals surface area contributed by atoms with Crippen LogP contribution in [0, 0.1) is 0 Å². The number of esters is 2. The van der Waals surface area contributed by atoms with Gasteiger partial charge in [-0.05, 0) is 127 Å². The van der Waals surface area contributed by atoms with Gasteiger partial charge in [-0.25, -0.2) is 9.59 Å². The molecule has 3 heterocycles. The van der Waals surface area contributed by atoms with Gasteiger partial charge in [0.25, 0.3) is 0 Å². The summed E-state index contributed by atoms with van der Waals surface area (Å²) in [6, 6.07) is 48.0. The van der Waals surface area contributed by atoms with Crippen molar-refractivity contribution in [3.63, 3.8) is 0 Å². The van der Waals surface area contributed by atoms with Crippen molar-refractivity contribution in [2.24, 2.45) is 0 Å². The predicted molar refractivity (Wildman–Crippen MR) is 295 cm³/mol. The first-order valence-electron chi connectivity index (χ1n) is 25.0. The molecule has 0 aliphatic carbocycles. The Labute approximate surface area is 444 Å². The molecule has 12 heteroatoms. The maximum atomic E-state index is 15.7. The van der Waals surface area contributed by atoms with E-state index < -0.39 is 22.8 Å². The molecular formula is C62H66BrN3O8. The van der Waals surface area contributed by atoms with Crippen molar-refractivity contribution in [1.82, 2.24) is 14.9 Å². The van der Waals surface area contributed by atoms with Gasteiger partial charge in [0.05, 0.1) is 51.1 Å². The second kappa shape index (κ2) is 26.6. The molecule has 0 amide bonds. The van der Waals surface area contributed by atoms with Crippen LogP contribution in [0.25, 0.3) is 10.8 Å². The number of rotatable bonds is 22. The van der Waals surface area contributed by atoms with Crippen LogP contribution >= 0.6 is 15.9 Å². The first-order chi connectivity index (χ1) is 36.2. The number of fused-ring (bicyclic) bond motifs is 1. The van der Waals surface area contributed by atoms with Crippen molar-refractivity contribution in [3.05, 3.63) is 221 Å². The van der Waals surface area contributed by atoms with Crippen molar-refractivity contribution < 1.29 is 38.4 Å². The maximum Gasteiger partial charge on any atom is 0.337 e. The third-order valence-corrected chi connectivity index (χ3v) is 14.2. The summed E-state index contributed by atoms with van der Waals surface area (Å²) in [6.45, 7) is 5.10. The zero-order valence-corrected chi connectivity index (χ0v) is 44.6. The molecule has 0 saturated heterocycles. The van der Waals surface area contributed by atoms with E-state index in [1.54, 1.807) is 26.6 Å². The van der Waals surface area contributed by atoms with E-state index in [0.717, 1.165) is 46.1 Å². The molecule has 1 atom stereocenters. The number of carbonyl (C=O) groups excluding carboxylic acids is 2. The number of aryl methyl sites for hydroxylation is 2. The summed E-state index contributed by atoms with van der Waals surface area (Å²) in [5, 5.41) is 11.2. The molecule has 74 heavy (non-hydrogen) atoms. The molecule has 5 aromatic carbocycles. The van der Waals surface area contributed by atoms with Gasteiger partial charge in [-0.2, -0.15) is 0 Å². The Balaban J connectivity index is 0.000000716. The monoisotopic (exact) mass is 1060 g/mol. The Hall–Kier alpha value is -7.28. The molecule has 8 rings (SSSR count). The van der Waals surface area contributed by atoms with Crippen LogP contribution in [-0.2, 0) is 42.7 Å². The molecule has 1 aliphatic rings. The van der Waals surface area contributed by atoms with Crippen molar-refractivity contribution in [2.75, 3.05) is 53.0 Å². The summed E-state index contributed by atoms with van der Waals surface area (Å²) >= 11 is 3.88. The standard InChI is InChI=1S/C54H55BrN2O7.C8H11NO/c1-38-49(51(58)62-5)54(45-26-28-47(60-3)48(36-45)61-4,53(29-30-55,43-21-8-6-9-22-43)44-23-10-7-11-24-44)50(52(59)64-33-15-18-40-17-14-31-56-37-40)39(2)57(38)32-16-34-63-46-27-25-41-19-12-13-20-42(41)35-46;10-6-2-4-8-3-1-5-9-7-8/h6-14,17,19-28,31,35-37H,15-16,18,29-30,32-34H2,1-5H3;1,3,5,7,10H,2,4,6H2. The smallest absolute Gasteiger partial charge is 0.337 e. The minimum Gasteiger partial charge on any atom is -0.494 e. The molecule has 0 bridgehead atoms. The topological polar surface area (TPSA) is 130 Å². The summed E-state index contributed by atoms with van der Waals surface area (Å²) in [5.74, 6) is 0.572. The van der Waals surface area contributed by atoms with Gasteiger partial charge in [-0.15, -0.1) is 0 Å². The molecule has 1 N–H and O–H groups in total. The Kier molecular flexibility index (Phi) is 19.6. The van der Waals surface area contributed by atoms with Crippen LogP contribution in [0.3, 0.4) is 0 Å². The maximum absolute atomic E-state index is 15.7. The van der Waals surface area contributed by atoms with Gasteiger partial charge in [-0.1, -0.05) is 125 Å². The van der Waals surface area contributed by atoms with Crippen LogP contribution in [0.5, 0.6) is 17.2 Å². The highest BCUT2D eigenvalue weighted by molar-refractivity contribution is 9.09. The fourth-order valence-electron chi connectivity index (χ4n) is 10.5. The quantitative estimate of drug-likeness (QED) is 0.0396. The van der Waals surface area contributed by atoms with Gasteiger partial charge in [0.2, 0.25) is 0 Å². The van der Waals surface area contributed by atoms with Crippen molar-refractivity contribution in [1.29, 1.82) is 0 Å². The Bertz CT molecular complexity index is 2950. The predicted octanol–water partition coefficient (Wildman–Crippen LogP) is 11.9. The summed E-state index contributed by atoms with van der Waals surface area (Å²) in [4.78, 5) is 41.3. The lowest BCUT2D eigenvalue weighted by Gasteiger charge is -2.56. The lowest BCUT2D eigenvalue weighted by molar-refractivity contribution is -0.141. The van der Waals surface area contributed by atoms with Gasteiger partial charge in [0.1, 0.15) is 5.75 Å². The first-order valence-corrected chi connectivity index (χ1v) is 26.2. The highest BCUT2D eigenvalue weighted by atomic mass is 79.9. The number of benzene rings is 5. The van der Waals surface area contributed by atoms with Crippen LogP contribution in [0.4, 0.5) is 0 Å². The largest absolute Gasteiger partial charge is 0.494 e. The Morgan fingerprint density at radius 1 is 0.635 bits per heavy atom. The molecule has 0 saturated carbocycles. The van der Waals surface area contributed by atoms with E-state index in [4.69, 9.17) is 28.8 Å². The second-order valence-corrected chi connectivity index (χ2v) is 18.8. The normalized spacial score (nSPS) is 14.5. The number of hydrogen-bond donors (Lipinski definition) is 1. The van der Waals surface area contributed by atoms with E-state index in [2.05, 4.69) is 73.3 Å². The molecular weight excluding hydrogens is 995 g/mol. The van der Waals surface area contributed by atoms with E-state index in [-0.39, 0.29) is 13.2 Å². The minimum absolute atomic E-state index is 0.129. The van der Waals surface area contributed by atoms with E-state index in [0.29, 0.717) is 83.8 Å². The fraction of sp³-hybridized carbons (Fsp3) is 0.290. The number of nitrogens with zero attached hydrogens (tertiary/aromatic N) is 3. The first kappa shape index (κ1) is 54.5. The third kappa shape index (κ3) is 11.9. The molecule has 2 aromatic heterocycles. The number of allylic oxidation sites excluding steroid dienone is 2. The Morgan fingerprint density at radius 3 is 1.80 bits per heavy atom.